The lowest BCUT2D eigenvalue weighted by Gasteiger charge is -2.10. The molecule has 0 atom stereocenters. The molecule has 0 aromatic heterocycles. The summed E-state index contributed by atoms with van der Waals surface area (Å²) in [5, 5.41) is 0. The first-order chi connectivity index (χ1) is 10.8. The molecule has 3 aromatic rings. The highest BCUT2D eigenvalue weighted by Crippen LogP contribution is 2.35. The predicted octanol–water partition coefficient (Wildman–Crippen LogP) is 5.98. The van der Waals surface area contributed by atoms with Gasteiger partial charge >= 0.3 is 0 Å². The van der Waals surface area contributed by atoms with E-state index in [1.54, 1.807) is 0 Å². The van der Waals surface area contributed by atoms with E-state index in [0.29, 0.717) is 0 Å². The van der Waals surface area contributed by atoms with Crippen molar-refractivity contribution in [2.24, 2.45) is 0 Å². The van der Waals surface area contributed by atoms with Crippen LogP contribution in [0.1, 0.15) is 18.1 Å². The van der Waals surface area contributed by atoms with E-state index in [1.807, 2.05) is 0 Å². The summed E-state index contributed by atoms with van der Waals surface area (Å²) in [4.78, 5) is 0. The zero-order chi connectivity index (χ0) is 14.9. The second-order valence-corrected chi connectivity index (χ2v) is 5.99. The SMILES string of the molecule is CC1=Cc2c(cccc2-c2cccc(-c3ccccc3)c2)C1. The Labute approximate surface area is 131 Å². The molecule has 3 aromatic carbocycles. The highest BCUT2D eigenvalue weighted by Gasteiger charge is 2.14. The zero-order valence-electron chi connectivity index (χ0n) is 12.7. The molecule has 4 rings (SSSR count). The molecule has 0 amide bonds. The van der Waals surface area contributed by atoms with Gasteiger partial charge in [0, 0.05) is 0 Å². The molecule has 1 aliphatic carbocycles. The molecular formula is C22H18. The van der Waals surface area contributed by atoms with E-state index in [-0.39, 0.29) is 0 Å². The van der Waals surface area contributed by atoms with Crippen LogP contribution in [-0.4, -0.2) is 0 Å². The van der Waals surface area contributed by atoms with Crippen molar-refractivity contribution in [1.82, 2.24) is 0 Å². The zero-order valence-corrected chi connectivity index (χ0v) is 12.7. The van der Waals surface area contributed by atoms with Gasteiger partial charge in [-0.2, -0.15) is 0 Å². The van der Waals surface area contributed by atoms with Gasteiger partial charge < -0.3 is 0 Å². The Morgan fingerprint density at radius 1 is 0.682 bits per heavy atom. The normalized spacial score (nSPS) is 12.9. The second kappa shape index (κ2) is 5.31. The van der Waals surface area contributed by atoms with Crippen molar-refractivity contribution in [2.45, 2.75) is 13.3 Å². The van der Waals surface area contributed by atoms with E-state index in [4.69, 9.17) is 0 Å². The van der Waals surface area contributed by atoms with Crippen LogP contribution in [0.5, 0.6) is 0 Å². The minimum absolute atomic E-state index is 1.08. The first kappa shape index (κ1) is 13.1. The lowest BCUT2D eigenvalue weighted by molar-refractivity contribution is 1.20. The first-order valence-electron chi connectivity index (χ1n) is 7.76. The average molecular weight is 282 g/mol. The van der Waals surface area contributed by atoms with Crippen LogP contribution in [0.15, 0.2) is 78.4 Å². The Kier molecular flexibility index (Phi) is 3.16. The molecule has 0 spiro atoms. The molecule has 1 aliphatic rings. The van der Waals surface area contributed by atoms with Crippen molar-refractivity contribution in [3.63, 3.8) is 0 Å². The van der Waals surface area contributed by atoms with Gasteiger partial charge in [0.1, 0.15) is 0 Å². The number of allylic oxidation sites excluding steroid dienone is 1. The van der Waals surface area contributed by atoms with Crippen molar-refractivity contribution in [2.75, 3.05) is 0 Å². The molecule has 0 radical (unpaired) electrons. The fourth-order valence-electron chi connectivity index (χ4n) is 3.28. The predicted molar refractivity (Wildman–Crippen MR) is 94.7 cm³/mol. The Balaban J connectivity index is 1.84. The monoisotopic (exact) mass is 282 g/mol. The lowest BCUT2D eigenvalue weighted by atomic mass is 9.94. The van der Waals surface area contributed by atoms with E-state index < -0.39 is 0 Å². The van der Waals surface area contributed by atoms with E-state index in [1.165, 1.54) is 39.0 Å². The molecule has 0 fully saturated rings. The van der Waals surface area contributed by atoms with Crippen LogP contribution in [0.2, 0.25) is 0 Å². The molecule has 22 heavy (non-hydrogen) atoms. The quantitative estimate of drug-likeness (QED) is 0.542. The van der Waals surface area contributed by atoms with Gasteiger partial charge in [-0.15, -0.1) is 0 Å². The fourth-order valence-corrected chi connectivity index (χ4v) is 3.28. The molecule has 106 valence electrons. The van der Waals surface area contributed by atoms with Gasteiger partial charge in [0.25, 0.3) is 0 Å². The molecule has 0 N–H and O–H groups in total. The molecule has 0 heterocycles. The minimum atomic E-state index is 1.08. The van der Waals surface area contributed by atoms with E-state index in [2.05, 4.69) is 85.8 Å². The van der Waals surface area contributed by atoms with Gasteiger partial charge in [0.15, 0.2) is 0 Å². The standard InChI is InChI=1S/C22H18/c1-16-13-19-11-6-12-21(22(19)14-16)20-10-5-9-18(15-20)17-7-3-2-4-8-17/h2-12,14-15H,13H2,1H3. The van der Waals surface area contributed by atoms with Gasteiger partial charge in [0.2, 0.25) is 0 Å². The molecule has 0 heteroatoms. The Bertz CT molecular complexity index is 854. The Hall–Kier alpha value is -2.60. The maximum atomic E-state index is 2.33. The third-order valence-electron chi connectivity index (χ3n) is 4.34. The molecule has 0 saturated carbocycles. The highest BCUT2D eigenvalue weighted by atomic mass is 14.2. The lowest BCUT2D eigenvalue weighted by Crippen LogP contribution is -1.88. The van der Waals surface area contributed by atoms with Crippen molar-refractivity contribution in [1.29, 1.82) is 0 Å². The van der Waals surface area contributed by atoms with E-state index in [9.17, 15) is 0 Å². The Morgan fingerprint density at radius 2 is 1.41 bits per heavy atom. The molecule has 0 aliphatic heterocycles. The van der Waals surface area contributed by atoms with Crippen LogP contribution in [0, 0.1) is 0 Å². The van der Waals surface area contributed by atoms with Gasteiger partial charge in [-0.3, -0.25) is 0 Å². The summed E-state index contributed by atoms with van der Waals surface area (Å²) < 4.78 is 0. The summed E-state index contributed by atoms with van der Waals surface area (Å²) in [5.74, 6) is 0. The fraction of sp³-hybridized carbons (Fsp3) is 0.0909. The number of rotatable bonds is 2. The second-order valence-electron chi connectivity index (χ2n) is 5.99. The van der Waals surface area contributed by atoms with Crippen molar-refractivity contribution < 1.29 is 0 Å². The van der Waals surface area contributed by atoms with E-state index >= 15 is 0 Å². The summed E-state index contributed by atoms with van der Waals surface area (Å²) in [6, 6.07) is 26.1. The molecule has 0 nitrogen and oxygen atoms in total. The Morgan fingerprint density at radius 3 is 2.27 bits per heavy atom. The van der Waals surface area contributed by atoms with Gasteiger partial charge in [0.05, 0.1) is 0 Å². The summed E-state index contributed by atoms with van der Waals surface area (Å²) in [5.41, 5.74) is 9.46. The maximum Gasteiger partial charge on any atom is -0.00604 e. The topological polar surface area (TPSA) is 0 Å². The number of hydrogen-bond donors (Lipinski definition) is 0. The van der Waals surface area contributed by atoms with Crippen LogP contribution in [-0.2, 0) is 6.42 Å². The van der Waals surface area contributed by atoms with Crippen LogP contribution in [0.4, 0.5) is 0 Å². The van der Waals surface area contributed by atoms with Crippen molar-refractivity contribution in [3.8, 4) is 22.3 Å². The van der Waals surface area contributed by atoms with Crippen molar-refractivity contribution >= 4 is 6.08 Å². The molecule has 0 bridgehead atoms. The number of benzene rings is 3. The number of fused-ring (bicyclic) bond motifs is 1. The maximum absolute atomic E-state index is 2.33. The molecule has 0 unspecified atom stereocenters. The van der Waals surface area contributed by atoms with Gasteiger partial charge in [-0.1, -0.05) is 78.4 Å². The van der Waals surface area contributed by atoms with Crippen LogP contribution in [0.25, 0.3) is 28.3 Å². The van der Waals surface area contributed by atoms with Crippen molar-refractivity contribution in [3.05, 3.63) is 89.5 Å². The van der Waals surface area contributed by atoms with Crippen LogP contribution < -0.4 is 0 Å². The summed E-state index contributed by atoms with van der Waals surface area (Å²) in [6.45, 7) is 2.21. The van der Waals surface area contributed by atoms with Gasteiger partial charge in [-0.25, -0.2) is 0 Å². The minimum Gasteiger partial charge on any atom is -0.0683 e. The van der Waals surface area contributed by atoms with Crippen LogP contribution in [0.3, 0.4) is 0 Å². The smallest absolute Gasteiger partial charge is 0.00604 e. The third kappa shape index (κ3) is 2.27. The molecular weight excluding hydrogens is 264 g/mol. The third-order valence-corrected chi connectivity index (χ3v) is 4.34. The average Bonchev–Trinajstić information content (AvgIpc) is 2.96. The highest BCUT2D eigenvalue weighted by molar-refractivity contribution is 5.82. The van der Waals surface area contributed by atoms with Crippen LogP contribution >= 0.6 is 0 Å². The summed E-state index contributed by atoms with van der Waals surface area (Å²) >= 11 is 0. The van der Waals surface area contributed by atoms with Gasteiger partial charge in [-0.05, 0) is 52.8 Å². The molecule has 0 saturated heterocycles. The largest absolute Gasteiger partial charge is 0.0683 e. The van der Waals surface area contributed by atoms with E-state index in [0.717, 1.165) is 6.42 Å². The first-order valence-corrected chi connectivity index (χ1v) is 7.76. The summed E-state index contributed by atoms with van der Waals surface area (Å²) in [7, 11) is 0. The number of hydrogen-bond acceptors (Lipinski definition) is 0. The summed E-state index contributed by atoms with van der Waals surface area (Å²) in [6.07, 6.45) is 3.42.